The van der Waals surface area contributed by atoms with Crippen LogP contribution in [0.5, 0.6) is 0 Å². The minimum Gasteiger partial charge on any atom is -0.335 e. The molecule has 0 saturated heterocycles. The fourth-order valence-electron chi connectivity index (χ4n) is 2.62. The SMILES string of the molecule is CC(C)(C)n1c(-c2cn(CCN)cn2)nc2ccccc21. The molecule has 2 heterocycles. The van der Waals surface area contributed by atoms with Crippen molar-refractivity contribution in [3.05, 3.63) is 36.8 Å². The maximum Gasteiger partial charge on any atom is 0.161 e. The molecule has 0 saturated carbocycles. The highest BCUT2D eigenvalue weighted by atomic mass is 15.2. The zero-order valence-electron chi connectivity index (χ0n) is 12.7. The maximum absolute atomic E-state index is 5.60. The number of rotatable bonds is 3. The Bertz CT molecular complexity index is 760. The van der Waals surface area contributed by atoms with Crippen molar-refractivity contribution in [1.29, 1.82) is 0 Å². The molecule has 0 aliphatic rings. The first kappa shape index (κ1) is 13.8. The number of hydrogen-bond donors (Lipinski definition) is 1. The van der Waals surface area contributed by atoms with Gasteiger partial charge in [-0.1, -0.05) is 12.1 Å². The standard InChI is InChI=1S/C16H21N5/c1-16(2,3)21-14-7-5-4-6-12(14)19-15(21)13-10-20(9-8-17)11-18-13/h4-7,10-11H,8-9,17H2,1-3H3. The maximum atomic E-state index is 5.60. The third kappa shape index (κ3) is 2.45. The van der Waals surface area contributed by atoms with Gasteiger partial charge in [0.2, 0.25) is 0 Å². The minimum atomic E-state index is -0.0664. The summed E-state index contributed by atoms with van der Waals surface area (Å²) < 4.78 is 4.25. The molecule has 5 heteroatoms. The van der Waals surface area contributed by atoms with Crippen molar-refractivity contribution >= 4 is 11.0 Å². The highest BCUT2D eigenvalue weighted by molar-refractivity contribution is 5.80. The summed E-state index contributed by atoms with van der Waals surface area (Å²) in [7, 11) is 0. The van der Waals surface area contributed by atoms with Crippen molar-refractivity contribution < 1.29 is 0 Å². The molecule has 2 aromatic heterocycles. The first-order valence-corrected chi connectivity index (χ1v) is 7.21. The fraction of sp³-hybridized carbons (Fsp3) is 0.375. The van der Waals surface area contributed by atoms with Gasteiger partial charge in [0.15, 0.2) is 5.82 Å². The number of nitrogens with two attached hydrogens (primary N) is 1. The Balaban J connectivity index is 2.21. The predicted molar refractivity (Wildman–Crippen MR) is 85.0 cm³/mol. The lowest BCUT2D eigenvalue weighted by Crippen LogP contribution is -2.22. The molecule has 0 unspecified atom stereocenters. The van der Waals surface area contributed by atoms with Crippen molar-refractivity contribution in [2.24, 2.45) is 5.73 Å². The molecule has 21 heavy (non-hydrogen) atoms. The lowest BCUT2D eigenvalue weighted by Gasteiger charge is -2.24. The molecule has 0 spiro atoms. The van der Waals surface area contributed by atoms with Crippen LogP contribution in [0.2, 0.25) is 0 Å². The Kier molecular flexibility index (Phi) is 3.29. The number of benzene rings is 1. The Morgan fingerprint density at radius 3 is 2.67 bits per heavy atom. The van der Waals surface area contributed by atoms with Crippen LogP contribution in [0.3, 0.4) is 0 Å². The van der Waals surface area contributed by atoms with Gasteiger partial charge in [-0.3, -0.25) is 0 Å². The zero-order valence-corrected chi connectivity index (χ0v) is 12.7. The van der Waals surface area contributed by atoms with E-state index in [0.717, 1.165) is 29.1 Å². The normalized spacial score (nSPS) is 12.2. The molecule has 0 fully saturated rings. The molecule has 3 aromatic rings. The van der Waals surface area contributed by atoms with Gasteiger partial charge >= 0.3 is 0 Å². The predicted octanol–water partition coefficient (Wildman–Crippen LogP) is 2.61. The summed E-state index contributed by atoms with van der Waals surface area (Å²) in [6.45, 7) is 7.92. The van der Waals surface area contributed by atoms with E-state index in [9.17, 15) is 0 Å². The molecule has 1 aromatic carbocycles. The molecule has 5 nitrogen and oxygen atoms in total. The van der Waals surface area contributed by atoms with Gasteiger partial charge < -0.3 is 14.9 Å². The molecular weight excluding hydrogens is 262 g/mol. The molecule has 0 radical (unpaired) electrons. The lowest BCUT2D eigenvalue weighted by atomic mass is 10.1. The Morgan fingerprint density at radius 1 is 1.19 bits per heavy atom. The third-order valence-electron chi connectivity index (χ3n) is 3.48. The average molecular weight is 283 g/mol. The van der Waals surface area contributed by atoms with E-state index in [1.807, 2.05) is 35.3 Å². The summed E-state index contributed by atoms with van der Waals surface area (Å²) in [5.74, 6) is 0.902. The van der Waals surface area contributed by atoms with Crippen LogP contribution in [0.25, 0.3) is 22.6 Å². The van der Waals surface area contributed by atoms with E-state index in [-0.39, 0.29) is 5.54 Å². The number of fused-ring (bicyclic) bond motifs is 1. The van der Waals surface area contributed by atoms with Crippen molar-refractivity contribution in [3.8, 4) is 11.5 Å². The largest absolute Gasteiger partial charge is 0.335 e. The Morgan fingerprint density at radius 2 is 1.95 bits per heavy atom. The van der Waals surface area contributed by atoms with Gasteiger partial charge in [0.05, 0.1) is 17.4 Å². The number of nitrogens with zero attached hydrogens (tertiary/aromatic N) is 4. The quantitative estimate of drug-likeness (QED) is 0.803. The van der Waals surface area contributed by atoms with Gasteiger partial charge in [-0.2, -0.15) is 0 Å². The molecule has 110 valence electrons. The topological polar surface area (TPSA) is 61.7 Å². The third-order valence-corrected chi connectivity index (χ3v) is 3.48. The van der Waals surface area contributed by atoms with E-state index in [2.05, 4.69) is 36.4 Å². The molecule has 3 rings (SSSR count). The second-order valence-corrected chi connectivity index (χ2v) is 6.22. The van der Waals surface area contributed by atoms with Crippen LogP contribution < -0.4 is 5.73 Å². The van der Waals surface area contributed by atoms with Crippen molar-refractivity contribution in [3.63, 3.8) is 0 Å². The number of imidazole rings is 2. The molecule has 0 aliphatic carbocycles. The highest BCUT2D eigenvalue weighted by Gasteiger charge is 2.23. The summed E-state index contributed by atoms with van der Waals surface area (Å²) in [4.78, 5) is 9.28. The second-order valence-electron chi connectivity index (χ2n) is 6.22. The van der Waals surface area contributed by atoms with Gasteiger partial charge in [0, 0.05) is 24.8 Å². The van der Waals surface area contributed by atoms with E-state index in [1.165, 1.54) is 0 Å². The van der Waals surface area contributed by atoms with Gasteiger partial charge in [0.1, 0.15) is 5.69 Å². The molecule has 0 bridgehead atoms. The average Bonchev–Trinajstić information content (AvgIpc) is 3.01. The van der Waals surface area contributed by atoms with Gasteiger partial charge in [0.25, 0.3) is 0 Å². The number of para-hydroxylation sites is 2. The summed E-state index contributed by atoms with van der Waals surface area (Å²) in [5.41, 5.74) is 8.55. The van der Waals surface area contributed by atoms with Crippen molar-refractivity contribution in [2.75, 3.05) is 6.54 Å². The smallest absolute Gasteiger partial charge is 0.161 e. The van der Waals surface area contributed by atoms with E-state index in [0.29, 0.717) is 6.54 Å². The molecule has 0 atom stereocenters. The zero-order chi connectivity index (χ0) is 15.0. The first-order chi connectivity index (χ1) is 10.0. The van der Waals surface area contributed by atoms with Crippen LogP contribution in [0.15, 0.2) is 36.8 Å². The molecule has 0 amide bonds. The molecule has 2 N–H and O–H groups in total. The van der Waals surface area contributed by atoms with Crippen molar-refractivity contribution in [1.82, 2.24) is 19.1 Å². The van der Waals surface area contributed by atoms with E-state index >= 15 is 0 Å². The number of hydrogen-bond acceptors (Lipinski definition) is 3. The molecule has 0 aliphatic heterocycles. The second kappa shape index (κ2) is 5.00. The van der Waals surface area contributed by atoms with E-state index in [1.54, 1.807) is 0 Å². The van der Waals surface area contributed by atoms with Crippen LogP contribution in [0, 0.1) is 0 Å². The number of aromatic nitrogens is 4. The summed E-state index contributed by atoms with van der Waals surface area (Å²) in [6.07, 6.45) is 3.82. The minimum absolute atomic E-state index is 0.0664. The van der Waals surface area contributed by atoms with Crippen LogP contribution in [0.1, 0.15) is 20.8 Å². The fourth-order valence-corrected chi connectivity index (χ4v) is 2.62. The monoisotopic (exact) mass is 283 g/mol. The van der Waals surface area contributed by atoms with E-state index in [4.69, 9.17) is 10.7 Å². The summed E-state index contributed by atoms with van der Waals surface area (Å²) in [6, 6.07) is 8.20. The van der Waals surface area contributed by atoms with Crippen LogP contribution >= 0.6 is 0 Å². The van der Waals surface area contributed by atoms with Crippen LogP contribution in [-0.4, -0.2) is 25.6 Å². The lowest BCUT2D eigenvalue weighted by molar-refractivity contribution is 0.412. The summed E-state index contributed by atoms with van der Waals surface area (Å²) >= 11 is 0. The Hall–Kier alpha value is -2.14. The van der Waals surface area contributed by atoms with Crippen LogP contribution in [0.4, 0.5) is 0 Å². The highest BCUT2D eigenvalue weighted by Crippen LogP contribution is 2.30. The summed E-state index contributed by atoms with van der Waals surface area (Å²) in [5, 5.41) is 0. The van der Waals surface area contributed by atoms with Gasteiger partial charge in [-0.05, 0) is 32.9 Å². The Labute approximate surface area is 124 Å². The molecular formula is C16H21N5. The van der Waals surface area contributed by atoms with E-state index < -0.39 is 0 Å². The van der Waals surface area contributed by atoms with Gasteiger partial charge in [-0.25, -0.2) is 9.97 Å². The van der Waals surface area contributed by atoms with Crippen molar-refractivity contribution in [2.45, 2.75) is 32.9 Å². The van der Waals surface area contributed by atoms with Gasteiger partial charge in [-0.15, -0.1) is 0 Å². The van der Waals surface area contributed by atoms with Crippen LogP contribution in [-0.2, 0) is 12.1 Å². The first-order valence-electron chi connectivity index (χ1n) is 7.21.